The zero-order chi connectivity index (χ0) is 9.68. The summed E-state index contributed by atoms with van der Waals surface area (Å²) in [5, 5.41) is 0. The molecule has 2 nitrogen and oxygen atoms in total. The molecule has 13 heavy (non-hydrogen) atoms. The van der Waals surface area contributed by atoms with E-state index in [9.17, 15) is 4.79 Å². The van der Waals surface area contributed by atoms with Crippen LogP contribution in [-0.2, 0) is 9.53 Å². The lowest BCUT2D eigenvalue weighted by Crippen LogP contribution is -2.09. The summed E-state index contributed by atoms with van der Waals surface area (Å²) in [6.45, 7) is 2.16. The molecule has 0 amide bonds. The summed E-state index contributed by atoms with van der Waals surface area (Å²) in [7, 11) is 1.43. The van der Waals surface area contributed by atoms with E-state index in [0.29, 0.717) is 18.3 Å². The van der Waals surface area contributed by atoms with E-state index in [-0.39, 0.29) is 5.97 Å². The summed E-state index contributed by atoms with van der Waals surface area (Å²) in [6, 6.07) is 0. The van der Waals surface area contributed by atoms with E-state index < -0.39 is 0 Å². The van der Waals surface area contributed by atoms with Gasteiger partial charge in [0.15, 0.2) is 0 Å². The van der Waals surface area contributed by atoms with Crippen LogP contribution in [0.5, 0.6) is 0 Å². The molecule has 0 radical (unpaired) electrons. The van der Waals surface area contributed by atoms with Crippen LogP contribution in [0.15, 0.2) is 24.3 Å². The van der Waals surface area contributed by atoms with Crippen LogP contribution < -0.4 is 0 Å². The molecule has 0 spiro atoms. The van der Waals surface area contributed by atoms with E-state index in [2.05, 4.69) is 23.8 Å². The predicted molar refractivity (Wildman–Crippen MR) is 52.2 cm³/mol. The molecule has 0 saturated heterocycles. The highest BCUT2D eigenvalue weighted by atomic mass is 16.5. The van der Waals surface area contributed by atoms with Gasteiger partial charge in [-0.25, -0.2) is 0 Å². The second kappa shape index (κ2) is 4.85. The molecule has 0 aromatic heterocycles. The van der Waals surface area contributed by atoms with Crippen LogP contribution in [0.4, 0.5) is 0 Å². The first-order valence-electron chi connectivity index (χ1n) is 4.64. The summed E-state index contributed by atoms with van der Waals surface area (Å²) in [5.41, 5.74) is 0. The molecule has 0 aromatic carbocycles. The Bertz CT molecular complexity index is 228. The molecule has 1 rings (SSSR count). The average Bonchev–Trinajstić information content (AvgIpc) is 2.30. The molecule has 2 unspecified atom stereocenters. The number of allylic oxidation sites excluding steroid dienone is 4. The molecule has 0 aromatic rings. The zero-order valence-electron chi connectivity index (χ0n) is 8.19. The number of hydrogen-bond acceptors (Lipinski definition) is 2. The maximum absolute atomic E-state index is 11.0. The largest absolute Gasteiger partial charge is 0.469 e. The smallest absolute Gasteiger partial charge is 0.306 e. The van der Waals surface area contributed by atoms with Crippen LogP contribution in [0.2, 0.25) is 0 Å². The molecule has 0 bridgehead atoms. The van der Waals surface area contributed by atoms with Gasteiger partial charge < -0.3 is 4.74 Å². The molecule has 0 fully saturated rings. The Morgan fingerprint density at radius 2 is 2.15 bits per heavy atom. The van der Waals surface area contributed by atoms with Gasteiger partial charge in [-0.1, -0.05) is 31.2 Å². The SMILES string of the molecule is COC(=O)CC1C=CC=CC(C)C1. The fourth-order valence-corrected chi connectivity index (χ4v) is 1.56. The number of hydrogen-bond donors (Lipinski definition) is 0. The van der Waals surface area contributed by atoms with Crippen molar-refractivity contribution in [3.05, 3.63) is 24.3 Å². The topological polar surface area (TPSA) is 26.3 Å². The Morgan fingerprint density at radius 3 is 2.85 bits per heavy atom. The lowest BCUT2D eigenvalue weighted by Gasteiger charge is -2.12. The number of carbonyl (C=O) groups is 1. The molecule has 1 aliphatic rings. The van der Waals surface area contributed by atoms with E-state index in [4.69, 9.17) is 0 Å². The lowest BCUT2D eigenvalue weighted by atomic mass is 9.94. The quantitative estimate of drug-likeness (QED) is 0.609. The third-order valence-corrected chi connectivity index (χ3v) is 2.27. The van der Waals surface area contributed by atoms with Gasteiger partial charge in [-0.05, 0) is 18.3 Å². The van der Waals surface area contributed by atoms with E-state index in [1.165, 1.54) is 7.11 Å². The first kappa shape index (κ1) is 10.0. The van der Waals surface area contributed by atoms with Crippen molar-refractivity contribution in [1.29, 1.82) is 0 Å². The molecule has 0 N–H and O–H groups in total. The summed E-state index contributed by atoms with van der Waals surface area (Å²) in [5.74, 6) is 0.755. The maximum Gasteiger partial charge on any atom is 0.306 e. The lowest BCUT2D eigenvalue weighted by molar-refractivity contribution is -0.141. The fraction of sp³-hybridized carbons (Fsp3) is 0.545. The predicted octanol–water partition coefficient (Wildman–Crippen LogP) is 2.32. The molecule has 2 atom stereocenters. The van der Waals surface area contributed by atoms with Crippen LogP contribution in [0.1, 0.15) is 19.8 Å². The van der Waals surface area contributed by atoms with Gasteiger partial charge in [0.1, 0.15) is 0 Å². The fourth-order valence-electron chi connectivity index (χ4n) is 1.56. The van der Waals surface area contributed by atoms with Crippen molar-refractivity contribution >= 4 is 5.97 Å². The standard InChI is InChI=1S/C11H16O2/c1-9-5-3-4-6-10(7-9)8-11(12)13-2/h3-6,9-10H,7-8H2,1-2H3. The summed E-state index contributed by atoms with van der Waals surface area (Å²) in [4.78, 5) is 11.0. The molecule has 0 saturated carbocycles. The Morgan fingerprint density at radius 1 is 1.46 bits per heavy atom. The van der Waals surface area contributed by atoms with Crippen molar-refractivity contribution in [2.45, 2.75) is 19.8 Å². The monoisotopic (exact) mass is 180 g/mol. The molecule has 2 heteroatoms. The second-order valence-electron chi connectivity index (χ2n) is 3.52. The van der Waals surface area contributed by atoms with Gasteiger partial charge in [-0.2, -0.15) is 0 Å². The average molecular weight is 180 g/mol. The minimum absolute atomic E-state index is 0.122. The van der Waals surface area contributed by atoms with Gasteiger partial charge in [0.2, 0.25) is 0 Å². The highest BCUT2D eigenvalue weighted by Crippen LogP contribution is 2.21. The Hall–Kier alpha value is -1.05. The number of methoxy groups -OCH3 is 1. The zero-order valence-corrected chi connectivity index (χ0v) is 8.19. The van der Waals surface area contributed by atoms with Gasteiger partial charge in [0.05, 0.1) is 13.5 Å². The van der Waals surface area contributed by atoms with Crippen molar-refractivity contribution in [2.75, 3.05) is 7.11 Å². The Kier molecular flexibility index (Phi) is 3.74. The van der Waals surface area contributed by atoms with Crippen LogP contribution >= 0.6 is 0 Å². The van der Waals surface area contributed by atoms with Gasteiger partial charge >= 0.3 is 5.97 Å². The van der Waals surface area contributed by atoms with Crippen molar-refractivity contribution in [2.24, 2.45) is 11.8 Å². The number of esters is 1. The first-order valence-corrected chi connectivity index (χ1v) is 4.64. The van der Waals surface area contributed by atoms with Gasteiger partial charge in [0, 0.05) is 0 Å². The number of carbonyl (C=O) groups excluding carboxylic acids is 1. The van der Waals surface area contributed by atoms with Crippen LogP contribution in [0.25, 0.3) is 0 Å². The van der Waals surface area contributed by atoms with Crippen molar-refractivity contribution in [1.82, 2.24) is 0 Å². The van der Waals surface area contributed by atoms with E-state index in [1.54, 1.807) is 0 Å². The van der Waals surface area contributed by atoms with Crippen molar-refractivity contribution < 1.29 is 9.53 Å². The molecule has 1 aliphatic carbocycles. The van der Waals surface area contributed by atoms with Crippen LogP contribution in [-0.4, -0.2) is 13.1 Å². The highest BCUT2D eigenvalue weighted by Gasteiger charge is 2.14. The van der Waals surface area contributed by atoms with Crippen molar-refractivity contribution in [3.63, 3.8) is 0 Å². The van der Waals surface area contributed by atoms with E-state index >= 15 is 0 Å². The number of rotatable bonds is 2. The molecule has 72 valence electrons. The third-order valence-electron chi connectivity index (χ3n) is 2.27. The Balaban J connectivity index is 2.46. The van der Waals surface area contributed by atoms with Crippen LogP contribution in [0, 0.1) is 11.8 Å². The molecular weight excluding hydrogens is 164 g/mol. The molecule has 0 aliphatic heterocycles. The normalized spacial score (nSPS) is 26.9. The molecule has 0 heterocycles. The highest BCUT2D eigenvalue weighted by molar-refractivity contribution is 5.69. The summed E-state index contributed by atoms with van der Waals surface area (Å²) in [6.07, 6.45) is 9.82. The minimum atomic E-state index is -0.122. The maximum atomic E-state index is 11.0. The number of ether oxygens (including phenoxy) is 1. The van der Waals surface area contributed by atoms with Crippen molar-refractivity contribution in [3.8, 4) is 0 Å². The van der Waals surface area contributed by atoms with E-state index in [0.717, 1.165) is 6.42 Å². The second-order valence-corrected chi connectivity index (χ2v) is 3.52. The third kappa shape index (κ3) is 3.45. The minimum Gasteiger partial charge on any atom is -0.469 e. The summed E-state index contributed by atoms with van der Waals surface area (Å²) < 4.78 is 4.64. The Labute approximate surface area is 79.3 Å². The first-order chi connectivity index (χ1) is 6.22. The van der Waals surface area contributed by atoms with Crippen LogP contribution in [0.3, 0.4) is 0 Å². The molecular formula is C11H16O2. The van der Waals surface area contributed by atoms with Gasteiger partial charge in [-0.15, -0.1) is 0 Å². The van der Waals surface area contributed by atoms with Gasteiger partial charge in [-0.3, -0.25) is 4.79 Å². The summed E-state index contributed by atoms with van der Waals surface area (Å²) >= 11 is 0. The van der Waals surface area contributed by atoms with Gasteiger partial charge in [0.25, 0.3) is 0 Å². The van der Waals surface area contributed by atoms with E-state index in [1.807, 2.05) is 12.2 Å².